The summed E-state index contributed by atoms with van der Waals surface area (Å²) in [6, 6.07) is 14.5. The summed E-state index contributed by atoms with van der Waals surface area (Å²) in [7, 11) is -3.96. The number of pyridine rings is 1. The van der Waals surface area contributed by atoms with Crippen molar-refractivity contribution < 1.29 is 12.8 Å². The fourth-order valence-electron chi connectivity index (χ4n) is 2.42. The van der Waals surface area contributed by atoms with E-state index in [9.17, 15) is 12.8 Å². The minimum absolute atomic E-state index is 0.0757. The summed E-state index contributed by atoms with van der Waals surface area (Å²) < 4.78 is 42.2. The fourth-order valence-corrected chi connectivity index (χ4v) is 3.35. The number of benzene rings is 2. The Bertz CT molecular complexity index is 1190. The summed E-state index contributed by atoms with van der Waals surface area (Å²) in [4.78, 5) is 7.91. The molecule has 0 bridgehead atoms. The zero-order valence-electron chi connectivity index (χ0n) is 13.2. The van der Waals surface area contributed by atoms with Gasteiger partial charge in [0.2, 0.25) is 0 Å². The third kappa shape index (κ3) is 3.11. The van der Waals surface area contributed by atoms with Crippen LogP contribution >= 0.6 is 0 Å². The van der Waals surface area contributed by atoms with Crippen molar-refractivity contribution in [2.75, 3.05) is 4.72 Å². The Morgan fingerprint density at radius 1 is 1.00 bits per heavy atom. The number of nitrogens with one attached hydrogen (secondary N) is 1. The number of hydrogen-bond donors (Lipinski definition) is 1. The summed E-state index contributed by atoms with van der Waals surface area (Å²) >= 11 is 0. The Morgan fingerprint density at radius 3 is 2.62 bits per heavy atom. The third-order valence-corrected chi connectivity index (χ3v) is 4.96. The Balaban J connectivity index is 1.64. The van der Waals surface area contributed by atoms with Gasteiger partial charge in [-0.25, -0.2) is 22.2 Å². The molecule has 0 aliphatic rings. The number of sulfonamides is 1. The van der Waals surface area contributed by atoms with Crippen LogP contribution in [0.4, 0.5) is 10.3 Å². The lowest BCUT2D eigenvalue weighted by Gasteiger charge is -2.06. The van der Waals surface area contributed by atoms with Crippen molar-refractivity contribution in [1.29, 1.82) is 0 Å². The van der Waals surface area contributed by atoms with Crippen LogP contribution in [0.2, 0.25) is 0 Å². The maximum Gasteiger partial charge on any atom is 0.265 e. The first-order valence-electron chi connectivity index (χ1n) is 7.56. The van der Waals surface area contributed by atoms with Crippen LogP contribution in [0.5, 0.6) is 0 Å². The minimum atomic E-state index is -3.96. The van der Waals surface area contributed by atoms with Crippen LogP contribution in [0, 0.1) is 5.82 Å². The van der Waals surface area contributed by atoms with E-state index in [0.29, 0.717) is 10.9 Å². The van der Waals surface area contributed by atoms with Gasteiger partial charge in [0, 0.05) is 11.6 Å². The van der Waals surface area contributed by atoms with Crippen molar-refractivity contribution in [1.82, 2.24) is 19.7 Å². The monoisotopic (exact) mass is 369 g/mol. The minimum Gasteiger partial charge on any atom is -0.255 e. The molecular weight excluding hydrogens is 357 g/mol. The summed E-state index contributed by atoms with van der Waals surface area (Å²) in [6.07, 6.45) is 2.61. The molecule has 0 unspecified atom stereocenters. The second kappa shape index (κ2) is 6.19. The quantitative estimate of drug-likeness (QED) is 0.597. The van der Waals surface area contributed by atoms with Crippen molar-refractivity contribution in [3.8, 4) is 5.69 Å². The molecule has 0 spiro atoms. The predicted molar refractivity (Wildman–Crippen MR) is 93.9 cm³/mol. The first-order chi connectivity index (χ1) is 12.5. The van der Waals surface area contributed by atoms with Gasteiger partial charge in [-0.1, -0.05) is 18.2 Å². The van der Waals surface area contributed by atoms with E-state index in [4.69, 9.17) is 0 Å². The van der Waals surface area contributed by atoms with E-state index in [1.54, 1.807) is 0 Å². The molecule has 130 valence electrons. The molecule has 0 saturated carbocycles. The van der Waals surface area contributed by atoms with Gasteiger partial charge >= 0.3 is 0 Å². The first kappa shape index (κ1) is 16.2. The Hall–Kier alpha value is -3.33. The smallest absolute Gasteiger partial charge is 0.255 e. The van der Waals surface area contributed by atoms with Gasteiger partial charge in [-0.05, 0) is 36.4 Å². The van der Waals surface area contributed by atoms with Crippen LogP contribution < -0.4 is 4.72 Å². The summed E-state index contributed by atoms with van der Waals surface area (Å²) in [5.74, 6) is -0.543. The van der Waals surface area contributed by atoms with E-state index in [0.717, 1.165) is 5.69 Å². The average Bonchev–Trinajstić information content (AvgIpc) is 3.09. The van der Waals surface area contributed by atoms with E-state index >= 15 is 0 Å². The van der Waals surface area contributed by atoms with Gasteiger partial charge in [-0.3, -0.25) is 4.98 Å². The van der Waals surface area contributed by atoms with Crippen molar-refractivity contribution >= 4 is 26.9 Å². The molecule has 9 heteroatoms. The zero-order valence-corrected chi connectivity index (χ0v) is 14.1. The van der Waals surface area contributed by atoms with E-state index in [1.807, 2.05) is 30.3 Å². The highest BCUT2D eigenvalue weighted by atomic mass is 32.2. The van der Waals surface area contributed by atoms with Gasteiger partial charge in [0.25, 0.3) is 16.0 Å². The molecule has 2 aromatic heterocycles. The number of hydrogen-bond acceptors (Lipinski definition) is 5. The zero-order chi connectivity index (χ0) is 18.1. The van der Waals surface area contributed by atoms with Crippen LogP contribution in [0.1, 0.15) is 0 Å². The second-order valence-electron chi connectivity index (χ2n) is 5.46. The molecule has 1 N–H and O–H groups in total. The number of aromatic nitrogens is 4. The summed E-state index contributed by atoms with van der Waals surface area (Å²) in [5.41, 5.74) is 1.24. The van der Waals surface area contributed by atoms with E-state index in [2.05, 4.69) is 19.8 Å². The second-order valence-corrected chi connectivity index (χ2v) is 7.14. The van der Waals surface area contributed by atoms with E-state index in [-0.39, 0.29) is 10.8 Å². The van der Waals surface area contributed by atoms with Gasteiger partial charge in [0.05, 0.1) is 11.2 Å². The van der Waals surface area contributed by atoms with Gasteiger partial charge < -0.3 is 0 Å². The van der Waals surface area contributed by atoms with Crippen molar-refractivity contribution in [3.05, 3.63) is 72.9 Å². The predicted octanol–water partition coefficient (Wildman–Crippen LogP) is 2.76. The lowest BCUT2D eigenvalue weighted by molar-refractivity contribution is 0.600. The van der Waals surface area contributed by atoms with Crippen LogP contribution in [0.3, 0.4) is 0 Å². The van der Waals surface area contributed by atoms with Gasteiger partial charge in [0.15, 0.2) is 0 Å². The maximum absolute atomic E-state index is 13.4. The van der Waals surface area contributed by atoms with Gasteiger partial charge in [-0.15, -0.1) is 5.10 Å². The molecule has 0 fully saturated rings. The molecule has 0 aliphatic carbocycles. The highest BCUT2D eigenvalue weighted by molar-refractivity contribution is 7.92. The number of para-hydroxylation sites is 1. The molecule has 2 aromatic carbocycles. The summed E-state index contributed by atoms with van der Waals surface area (Å²) in [6.45, 7) is 0. The molecule has 4 aromatic rings. The molecule has 4 rings (SSSR count). The fraction of sp³-hybridized carbons (Fsp3) is 0. The normalized spacial score (nSPS) is 11.6. The number of nitrogens with zero attached hydrogens (tertiary/aromatic N) is 4. The Morgan fingerprint density at radius 2 is 1.81 bits per heavy atom. The lowest BCUT2D eigenvalue weighted by Crippen LogP contribution is -2.14. The number of halogens is 1. The van der Waals surface area contributed by atoms with Crippen LogP contribution in [0.25, 0.3) is 16.6 Å². The van der Waals surface area contributed by atoms with Crippen LogP contribution in [-0.4, -0.2) is 28.2 Å². The molecule has 7 nitrogen and oxygen atoms in total. The molecule has 0 atom stereocenters. The highest BCUT2D eigenvalue weighted by Crippen LogP contribution is 2.19. The van der Waals surface area contributed by atoms with Crippen molar-refractivity contribution in [2.24, 2.45) is 0 Å². The first-order valence-corrected chi connectivity index (χ1v) is 9.05. The Kier molecular flexibility index (Phi) is 3.85. The van der Waals surface area contributed by atoms with Gasteiger partial charge in [0.1, 0.15) is 17.0 Å². The highest BCUT2D eigenvalue weighted by Gasteiger charge is 2.18. The third-order valence-electron chi connectivity index (χ3n) is 3.67. The van der Waals surface area contributed by atoms with Crippen LogP contribution in [-0.2, 0) is 10.0 Å². The largest absolute Gasteiger partial charge is 0.265 e. The van der Waals surface area contributed by atoms with Crippen molar-refractivity contribution in [3.63, 3.8) is 0 Å². The number of rotatable bonds is 4. The standard InChI is InChI=1S/C17H12FN5O2S/c18-13-6-7-16-12(8-13)9-15(10-19-16)26(24,25)22-17-20-11-23(21-17)14-4-2-1-3-5-14/h1-11H,(H,21,22). The molecule has 0 aliphatic heterocycles. The number of fused-ring (bicyclic) bond motifs is 1. The SMILES string of the molecule is O=S(=O)(Nc1ncn(-c2ccccc2)n1)c1cnc2ccc(F)cc2c1. The number of anilines is 1. The van der Waals surface area contributed by atoms with E-state index < -0.39 is 15.8 Å². The molecule has 0 saturated heterocycles. The molecule has 0 amide bonds. The summed E-state index contributed by atoms with van der Waals surface area (Å²) in [5, 5.41) is 4.49. The van der Waals surface area contributed by atoms with E-state index in [1.165, 1.54) is 41.5 Å². The average molecular weight is 369 g/mol. The molecule has 2 heterocycles. The lowest BCUT2D eigenvalue weighted by atomic mass is 10.2. The molecule has 0 radical (unpaired) electrons. The van der Waals surface area contributed by atoms with Crippen molar-refractivity contribution in [2.45, 2.75) is 4.90 Å². The molecule has 26 heavy (non-hydrogen) atoms. The Labute approximate surface area is 148 Å². The maximum atomic E-state index is 13.4. The topological polar surface area (TPSA) is 89.8 Å². The molecular formula is C17H12FN5O2S. The van der Waals surface area contributed by atoms with Gasteiger partial charge in [-0.2, -0.15) is 4.98 Å². The van der Waals surface area contributed by atoms with Crippen LogP contribution in [0.15, 0.2) is 72.0 Å².